The van der Waals surface area contributed by atoms with E-state index in [-0.39, 0.29) is 24.3 Å². The number of carbonyl (C=O) groups excluding carboxylic acids is 1. The van der Waals surface area contributed by atoms with E-state index in [1.165, 1.54) is 12.1 Å². The molecule has 24 heavy (non-hydrogen) atoms. The van der Waals surface area contributed by atoms with E-state index in [0.717, 1.165) is 17.5 Å². The first-order chi connectivity index (χ1) is 11.5. The van der Waals surface area contributed by atoms with Gasteiger partial charge in [-0.05, 0) is 42.7 Å². The fourth-order valence-electron chi connectivity index (χ4n) is 2.25. The molecule has 0 amide bonds. The van der Waals surface area contributed by atoms with E-state index >= 15 is 0 Å². The Hall–Kier alpha value is -2.07. The van der Waals surface area contributed by atoms with Crippen LogP contribution in [-0.2, 0) is 17.8 Å². The summed E-state index contributed by atoms with van der Waals surface area (Å²) >= 11 is 6.15. The van der Waals surface area contributed by atoms with E-state index in [4.69, 9.17) is 21.1 Å². The van der Waals surface area contributed by atoms with Gasteiger partial charge in [-0.1, -0.05) is 37.6 Å². The minimum Gasteiger partial charge on any atom is -0.488 e. The summed E-state index contributed by atoms with van der Waals surface area (Å²) in [5.74, 6) is -0.121. The van der Waals surface area contributed by atoms with Crippen LogP contribution in [0.4, 0.5) is 4.39 Å². The van der Waals surface area contributed by atoms with Crippen molar-refractivity contribution in [2.75, 3.05) is 0 Å². The molecular weight excluding hydrogens is 331 g/mol. The van der Waals surface area contributed by atoms with E-state index in [1.54, 1.807) is 19.1 Å². The molecule has 0 unspecified atom stereocenters. The van der Waals surface area contributed by atoms with Crippen LogP contribution in [0.2, 0.25) is 5.02 Å². The molecule has 0 fully saturated rings. The van der Waals surface area contributed by atoms with Crippen LogP contribution in [0.5, 0.6) is 11.5 Å². The highest BCUT2D eigenvalue weighted by Gasteiger charge is 2.14. The van der Waals surface area contributed by atoms with Crippen molar-refractivity contribution in [3.8, 4) is 11.5 Å². The molecule has 0 N–H and O–H groups in total. The number of halogens is 2. The van der Waals surface area contributed by atoms with Gasteiger partial charge in [0.15, 0.2) is 0 Å². The van der Waals surface area contributed by atoms with Gasteiger partial charge in [0.1, 0.15) is 23.9 Å². The summed E-state index contributed by atoms with van der Waals surface area (Å²) in [7, 11) is 0. The second kappa shape index (κ2) is 8.15. The van der Waals surface area contributed by atoms with Crippen molar-refractivity contribution in [1.29, 1.82) is 0 Å². The minimum atomic E-state index is -0.479. The summed E-state index contributed by atoms with van der Waals surface area (Å²) in [6.45, 7) is 5.56. The van der Waals surface area contributed by atoms with Crippen LogP contribution in [0, 0.1) is 12.7 Å². The molecule has 0 radical (unpaired) electrons. The van der Waals surface area contributed by atoms with Gasteiger partial charge in [0.05, 0.1) is 5.56 Å². The highest BCUT2D eigenvalue weighted by atomic mass is 35.5. The molecule has 128 valence electrons. The molecular formula is C19H20ClFO3. The van der Waals surface area contributed by atoms with Gasteiger partial charge >= 0.3 is 5.97 Å². The smallest absolute Gasteiger partial charge is 0.310 e. The molecule has 0 saturated heterocycles. The zero-order valence-electron chi connectivity index (χ0n) is 14.0. The lowest BCUT2D eigenvalue weighted by molar-refractivity contribution is -0.134. The number of rotatable bonds is 6. The lowest BCUT2D eigenvalue weighted by atomic mass is 10.1. The van der Waals surface area contributed by atoms with E-state index in [9.17, 15) is 9.18 Å². The predicted molar refractivity (Wildman–Crippen MR) is 92.2 cm³/mol. The van der Waals surface area contributed by atoms with Crippen molar-refractivity contribution in [2.24, 2.45) is 0 Å². The number of carbonyl (C=O) groups is 1. The van der Waals surface area contributed by atoms with Crippen molar-refractivity contribution >= 4 is 17.6 Å². The molecule has 0 bridgehead atoms. The molecule has 3 nitrogen and oxygen atoms in total. The predicted octanol–water partition coefficient (Wildman–Crippen LogP) is 5.24. The third-order valence-corrected chi connectivity index (χ3v) is 4.09. The molecule has 0 aliphatic rings. The fourth-order valence-corrected chi connectivity index (χ4v) is 2.41. The van der Waals surface area contributed by atoms with Gasteiger partial charge in [0.25, 0.3) is 0 Å². The van der Waals surface area contributed by atoms with Gasteiger partial charge in [-0.15, -0.1) is 0 Å². The minimum absolute atomic E-state index is 0.0502. The third-order valence-electron chi connectivity index (χ3n) is 3.68. The van der Waals surface area contributed by atoms with Crippen molar-refractivity contribution < 1.29 is 18.7 Å². The van der Waals surface area contributed by atoms with E-state index in [1.807, 2.05) is 19.9 Å². The molecule has 2 rings (SSSR count). The Morgan fingerprint density at radius 2 is 1.96 bits per heavy atom. The summed E-state index contributed by atoms with van der Waals surface area (Å²) in [6.07, 6.45) is 0.979. The van der Waals surface area contributed by atoms with Crippen molar-refractivity contribution in [3.63, 3.8) is 0 Å². The molecule has 2 aromatic carbocycles. The van der Waals surface area contributed by atoms with Crippen molar-refractivity contribution in [3.05, 3.63) is 57.9 Å². The van der Waals surface area contributed by atoms with E-state index < -0.39 is 11.8 Å². The zero-order valence-corrected chi connectivity index (χ0v) is 14.7. The molecule has 0 spiro atoms. The van der Waals surface area contributed by atoms with Crippen LogP contribution in [0.3, 0.4) is 0 Å². The normalized spacial score (nSPS) is 10.5. The van der Waals surface area contributed by atoms with Gasteiger partial charge in [-0.2, -0.15) is 0 Å². The van der Waals surface area contributed by atoms with Crippen LogP contribution >= 0.6 is 11.6 Å². The number of benzene rings is 2. The maximum atomic E-state index is 14.1. The lowest BCUT2D eigenvalue weighted by Gasteiger charge is -2.15. The average Bonchev–Trinajstić information content (AvgIpc) is 2.56. The van der Waals surface area contributed by atoms with Crippen LogP contribution in [0.25, 0.3) is 0 Å². The van der Waals surface area contributed by atoms with Gasteiger partial charge in [-0.25, -0.2) is 4.39 Å². The van der Waals surface area contributed by atoms with Crippen LogP contribution in [-0.4, -0.2) is 5.97 Å². The number of hydrogen-bond acceptors (Lipinski definition) is 3. The molecule has 0 atom stereocenters. The standard InChI is InChI=1S/C19H20ClFO3/c1-4-13-9-12(3)15(20)10-18(13)23-11-14-16(21)7-6-8-17(14)24-19(22)5-2/h6-10H,4-5,11H2,1-3H3. The summed E-state index contributed by atoms with van der Waals surface area (Å²) in [4.78, 5) is 11.5. The Bertz CT molecular complexity index is 744. The Morgan fingerprint density at radius 1 is 1.21 bits per heavy atom. The number of esters is 1. The monoisotopic (exact) mass is 350 g/mol. The van der Waals surface area contributed by atoms with Crippen LogP contribution < -0.4 is 9.47 Å². The number of ether oxygens (including phenoxy) is 2. The highest BCUT2D eigenvalue weighted by Crippen LogP contribution is 2.30. The zero-order chi connectivity index (χ0) is 17.7. The van der Waals surface area contributed by atoms with Gasteiger partial charge in [-0.3, -0.25) is 4.79 Å². The van der Waals surface area contributed by atoms with Crippen molar-refractivity contribution in [2.45, 2.75) is 40.2 Å². The topological polar surface area (TPSA) is 35.5 Å². The molecule has 0 aromatic heterocycles. The average molecular weight is 351 g/mol. The molecule has 0 saturated carbocycles. The summed E-state index contributed by atoms with van der Waals surface area (Å²) in [6, 6.07) is 8.05. The quantitative estimate of drug-likeness (QED) is 0.527. The van der Waals surface area contributed by atoms with Gasteiger partial charge in [0.2, 0.25) is 0 Å². The molecule has 5 heteroatoms. The van der Waals surface area contributed by atoms with Crippen LogP contribution in [0.1, 0.15) is 37.0 Å². The number of aryl methyl sites for hydroxylation is 2. The molecule has 0 aliphatic heterocycles. The van der Waals surface area contributed by atoms with E-state index in [2.05, 4.69) is 0 Å². The second-order valence-electron chi connectivity index (χ2n) is 5.40. The summed E-state index contributed by atoms with van der Waals surface area (Å²) in [5.41, 5.74) is 2.16. The Kier molecular flexibility index (Phi) is 6.21. The molecule has 2 aromatic rings. The van der Waals surface area contributed by atoms with E-state index in [0.29, 0.717) is 10.8 Å². The fraction of sp³-hybridized carbons (Fsp3) is 0.316. The van der Waals surface area contributed by atoms with Crippen molar-refractivity contribution in [1.82, 2.24) is 0 Å². The first kappa shape index (κ1) is 18.3. The van der Waals surface area contributed by atoms with Gasteiger partial charge < -0.3 is 9.47 Å². The maximum absolute atomic E-state index is 14.1. The Morgan fingerprint density at radius 3 is 2.62 bits per heavy atom. The molecule has 0 aliphatic carbocycles. The first-order valence-corrected chi connectivity index (χ1v) is 8.23. The SMILES string of the molecule is CCC(=O)Oc1cccc(F)c1COc1cc(Cl)c(C)cc1CC. The number of hydrogen-bond donors (Lipinski definition) is 0. The maximum Gasteiger partial charge on any atom is 0.310 e. The highest BCUT2D eigenvalue weighted by molar-refractivity contribution is 6.31. The van der Waals surface area contributed by atoms with Crippen LogP contribution in [0.15, 0.2) is 30.3 Å². The molecule has 0 heterocycles. The van der Waals surface area contributed by atoms with Gasteiger partial charge in [0, 0.05) is 11.4 Å². The summed E-state index contributed by atoms with van der Waals surface area (Å²) in [5, 5.41) is 0.591. The largest absolute Gasteiger partial charge is 0.488 e. The first-order valence-electron chi connectivity index (χ1n) is 7.86. The Balaban J connectivity index is 2.26. The second-order valence-corrected chi connectivity index (χ2v) is 5.80. The summed E-state index contributed by atoms with van der Waals surface area (Å²) < 4.78 is 25.1. The third kappa shape index (κ3) is 4.26. The lowest BCUT2D eigenvalue weighted by Crippen LogP contribution is -2.10. The Labute approximate surface area is 146 Å².